The summed E-state index contributed by atoms with van der Waals surface area (Å²) in [7, 11) is -4.86. The molecule has 1 saturated heterocycles. The first-order valence-corrected chi connectivity index (χ1v) is 10.1. The summed E-state index contributed by atoms with van der Waals surface area (Å²) in [4.78, 5) is 11.9. The van der Waals surface area contributed by atoms with E-state index in [1.54, 1.807) is 0 Å². The Morgan fingerprint density at radius 3 is 2.45 bits per heavy atom. The van der Waals surface area contributed by atoms with Crippen molar-refractivity contribution in [2.45, 2.75) is 49.8 Å². The van der Waals surface area contributed by atoms with Crippen molar-refractivity contribution in [3.05, 3.63) is 0 Å². The summed E-state index contributed by atoms with van der Waals surface area (Å²) in [6, 6.07) is 0. The molecule has 1 aliphatic rings. The Hall–Kier alpha value is 0.750. The number of hydrogen-bond acceptors (Lipinski definition) is 13. The molecular weight excluding hydrogens is 428 g/mol. The molecule has 0 aromatic carbocycles. The number of hydrogen-bond donors (Lipinski definition) is 6. The van der Waals surface area contributed by atoms with Crippen LogP contribution in [0.3, 0.4) is 0 Å². The Labute approximate surface area is 190 Å². The van der Waals surface area contributed by atoms with Crippen molar-refractivity contribution in [2.75, 3.05) is 39.6 Å². The zero-order chi connectivity index (χ0) is 21.3. The molecule has 15 heteroatoms. The summed E-state index contributed by atoms with van der Waals surface area (Å²) in [5.41, 5.74) is 5.21. The quantitative estimate of drug-likeness (QED) is 0.0814. The van der Waals surface area contributed by atoms with Crippen LogP contribution in [0.1, 0.15) is 6.92 Å². The van der Waals surface area contributed by atoms with Gasteiger partial charge in [-0.2, -0.15) is 0 Å². The van der Waals surface area contributed by atoms with Gasteiger partial charge in [-0.15, -0.1) is 0 Å². The molecule has 0 saturated carbocycles. The molecule has 29 heavy (non-hydrogen) atoms. The first-order valence-electron chi connectivity index (χ1n) is 8.65. The van der Waals surface area contributed by atoms with Crippen LogP contribution in [0.25, 0.3) is 0 Å². The van der Waals surface area contributed by atoms with Gasteiger partial charge in [-0.25, -0.2) is 0 Å². The van der Waals surface area contributed by atoms with Crippen molar-refractivity contribution in [3.8, 4) is 0 Å². The molecule has 0 bridgehead atoms. The van der Waals surface area contributed by atoms with Crippen LogP contribution < -0.4 is 40.2 Å². The Morgan fingerprint density at radius 2 is 1.90 bits per heavy atom. The third kappa shape index (κ3) is 10.3. The Bertz CT molecular complexity index is 490. The molecule has 168 valence electrons. The minimum Gasteiger partial charge on any atom is -0.756 e. The maximum atomic E-state index is 11.9. The molecule has 1 heterocycles. The van der Waals surface area contributed by atoms with Crippen molar-refractivity contribution in [1.82, 2.24) is 0 Å². The smallest absolute Gasteiger partial charge is 0.756 e. The van der Waals surface area contributed by atoms with E-state index in [-0.39, 0.29) is 55.9 Å². The minimum atomic E-state index is -4.86. The van der Waals surface area contributed by atoms with E-state index in [2.05, 4.69) is 4.52 Å². The predicted molar refractivity (Wildman–Crippen MR) is 89.7 cm³/mol. The van der Waals surface area contributed by atoms with Gasteiger partial charge in [-0.05, 0) is 6.92 Å². The summed E-state index contributed by atoms with van der Waals surface area (Å²) in [5, 5.41) is 47.9. The van der Waals surface area contributed by atoms with Crippen molar-refractivity contribution < 1.29 is 87.8 Å². The molecule has 7 N–H and O–H groups in total. The first kappa shape index (κ1) is 29.8. The second kappa shape index (κ2) is 14.7. The SMILES string of the molecule is CC(O)C(O)C(O)CO[C@@H]1O[C@H](CO)[C@H](OP(=O)([O-])OCCOCCN)C1O.[Na+]. The van der Waals surface area contributed by atoms with Crippen LogP contribution in [-0.2, 0) is 27.8 Å². The van der Waals surface area contributed by atoms with Crippen molar-refractivity contribution in [3.63, 3.8) is 0 Å². The number of ether oxygens (including phenoxy) is 3. The van der Waals surface area contributed by atoms with Gasteiger partial charge in [0.2, 0.25) is 0 Å². The van der Waals surface area contributed by atoms with E-state index < -0.39 is 64.0 Å². The summed E-state index contributed by atoms with van der Waals surface area (Å²) in [6.07, 6.45) is -10.1. The second-order valence-corrected chi connectivity index (χ2v) is 7.46. The molecule has 5 unspecified atom stereocenters. The molecule has 0 amide bonds. The van der Waals surface area contributed by atoms with Gasteiger partial charge >= 0.3 is 29.6 Å². The normalized spacial score (nSPS) is 29.7. The fourth-order valence-electron chi connectivity index (χ4n) is 2.31. The van der Waals surface area contributed by atoms with Gasteiger partial charge < -0.3 is 59.4 Å². The summed E-state index contributed by atoms with van der Waals surface area (Å²) in [6.45, 7) is 0.131. The number of phosphoric acid groups is 1. The van der Waals surface area contributed by atoms with Gasteiger partial charge in [0.25, 0.3) is 7.82 Å². The van der Waals surface area contributed by atoms with Crippen LogP contribution in [0.4, 0.5) is 0 Å². The number of rotatable bonds is 14. The van der Waals surface area contributed by atoms with E-state index in [0.717, 1.165) is 0 Å². The first-order chi connectivity index (χ1) is 13.1. The fraction of sp³-hybridized carbons (Fsp3) is 1.00. The zero-order valence-electron chi connectivity index (χ0n) is 16.4. The van der Waals surface area contributed by atoms with Crippen LogP contribution in [-0.4, -0.2) is 108 Å². The summed E-state index contributed by atoms with van der Waals surface area (Å²) in [5.74, 6) is 0. The summed E-state index contributed by atoms with van der Waals surface area (Å²) < 4.78 is 36.5. The van der Waals surface area contributed by atoms with Gasteiger partial charge in [-0.1, -0.05) is 0 Å². The molecule has 0 spiro atoms. The number of aliphatic hydroxyl groups excluding tert-OH is 5. The van der Waals surface area contributed by atoms with Crippen LogP contribution in [0.2, 0.25) is 0 Å². The fourth-order valence-corrected chi connectivity index (χ4v) is 3.22. The molecule has 0 aromatic rings. The van der Waals surface area contributed by atoms with E-state index in [4.69, 9.17) is 24.5 Å². The molecule has 1 fully saturated rings. The molecule has 0 aromatic heterocycles. The molecule has 8 atom stereocenters. The number of phosphoric ester groups is 1. The Balaban J connectivity index is 0.00000784. The molecular formula is C14H29NNaO12P. The van der Waals surface area contributed by atoms with E-state index in [1.807, 2.05) is 0 Å². The predicted octanol–water partition coefficient (Wildman–Crippen LogP) is -6.97. The van der Waals surface area contributed by atoms with Crippen molar-refractivity contribution in [1.29, 1.82) is 0 Å². The minimum absolute atomic E-state index is 0. The van der Waals surface area contributed by atoms with Crippen molar-refractivity contribution >= 4 is 7.82 Å². The molecule has 1 rings (SSSR count). The molecule has 13 nitrogen and oxygen atoms in total. The van der Waals surface area contributed by atoms with Gasteiger partial charge in [0, 0.05) is 6.54 Å². The number of aliphatic hydroxyl groups is 5. The molecule has 0 radical (unpaired) electrons. The summed E-state index contributed by atoms with van der Waals surface area (Å²) >= 11 is 0. The average Bonchev–Trinajstić information content (AvgIpc) is 2.93. The maximum Gasteiger partial charge on any atom is 1.00 e. The standard InChI is InChI=1S/C14H30NO12P.Na/c1-8(17)11(19)9(18)7-24-14-12(20)13(10(6-16)26-14)27-28(21,22)25-5-4-23-3-2-15;/h8-14,16-20H,2-7,15H2,1H3,(H,21,22);/q;+1/p-1/t8?,9?,10-,11?,12?,13+,14-;/m1./s1. The third-order valence-corrected chi connectivity index (χ3v) is 4.78. The maximum absolute atomic E-state index is 11.9. The van der Waals surface area contributed by atoms with Gasteiger partial charge in [0.15, 0.2) is 6.29 Å². The average molecular weight is 457 g/mol. The van der Waals surface area contributed by atoms with Gasteiger partial charge in [0.1, 0.15) is 30.5 Å². The Kier molecular flexibility index (Phi) is 15.1. The molecule has 0 aliphatic carbocycles. The van der Waals surface area contributed by atoms with E-state index in [9.17, 15) is 35.0 Å². The van der Waals surface area contributed by atoms with Gasteiger partial charge in [-0.3, -0.25) is 4.57 Å². The van der Waals surface area contributed by atoms with Gasteiger partial charge in [0.05, 0.1) is 39.1 Å². The zero-order valence-corrected chi connectivity index (χ0v) is 19.3. The van der Waals surface area contributed by atoms with Crippen LogP contribution in [0.5, 0.6) is 0 Å². The van der Waals surface area contributed by atoms with E-state index in [0.29, 0.717) is 0 Å². The monoisotopic (exact) mass is 457 g/mol. The van der Waals surface area contributed by atoms with E-state index >= 15 is 0 Å². The van der Waals surface area contributed by atoms with Crippen LogP contribution in [0, 0.1) is 0 Å². The number of nitrogens with two attached hydrogens (primary N) is 1. The second-order valence-electron chi connectivity index (χ2n) is 6.10. The Morgan fingerprint density at radius 1 is 1.24 bits per heavy atom. The molecule has 1 aliphatic heterocycles. The topological polar surface area (TPSA) is 213 Å². The van der Waals surface area contributed by atoms with E-state index in [1.165, 1.54) is 6.92 Å². The van der Waals surface area contributed by atoms with Crippen LogP contribution in [0.15, 0.2) is 0 Å². The van der Waals surface area contributed by atoms with Crippen molar-refractivity contribution in [2.24, 2.45) is 5.73 Å². The third-order valence-electron chi connectivity index (χ3n) is 3.78. The van der Waals surface area contributed by atoms with Crippen LogP contribution >= 0.6 is 7.82 Å². The largest absolute Gasteiger partial charge is 1.00 e.